The van der Waals surface area contributed by atoms with E-state index in [1.807, 2.05) is 0 Å². The lowest BCUT2D eigenvalue weighted by Gasteiger charge is -2.06. The molecule has 0 fully saturated rings. The Labute approximate surface area is 105 Å². The Bertz CT molecular complexity index is 614. The van der Waals surface area contributed by atoms with Gasteiger partial charge in [0.25, 0.3) is 5.91 Å². The van der Waals surface area contributed by atoms with Crippen LogP contribution in [-0.4, -0.2) is 16.1 Å². The molecule has 1 amide bonds. The number of anilines is 2. The second kappa shape index (κ2) is 4.65. The molecule has 8 heteroatoms. The fourth-order valence-electron chi connectivity index (χ4n) is 1.24. The van der Waals surface area contributed by atoms with Gasteiger partial charge >= 0.3 is 0 Å². The topological polar surface area (TPSA) is 80.9 Å². The van der Waals surface area contributed by atoms with E-state index in [4.69, 9.17) is 5.73 Å². The molecule has 18 heavy (non-hydrogen) atoms. The van der Waals surface area contributed by atoms with Crippen LogP contribution in [0.3, 0.4) is 0 Å². The number of nitrogens with one attached hydrogen (secondary N) is 1. The third-order valence-electron chi connectivity index (χ3n) is 2.13. The lowest BCUT2D eigenvalue weighted by atomic mass is 10.2. The average Bonchev–Trinajstić information content (AvgIpc) is 2.73. The summed E-state index contributed by atoms with van der Waals surface area (Å²) in [6, 6.07) is 1.91. The fraction of sp³-hybridized carbons (Fsp3) is 0.100. The van der Waals surface area contributed by atoms with Crippen LogP contribution in [0.15, 0.2) is 12.1 Å². The SMILES string of the molecule is Cc1cc(F)c(NC(=O)c2nnc(N)s2)cc1F. The zero-order chi connectivity index (χ0) is 13.3. The number of nitrogen functional groups attached to an aromatic ring is 1. The summed E-state index contributed by atoms with van der Waals surface area (Å²) < 4.78 is 26.7. The van der Waals surface area contributed by atoms with Gasteiger partial charge in [0.05, 0.1) is 5.69 Å². The maximum absolute atomic E-state index is 13.5. The molecular formula is C10H8F2N4OS. The number of aryl methyl sites for hydroxylation is 1. The molecule has 1 aromatic heterocycles. The van der Waals surface area contributed by atoms with E-state index >= 15 is 0 Å². The number of nitrogens with two attached hydrogens (primary N) is 1. The molecular weight excluding hydrogens is 262 g/mol. The predicted octanol–water partition coefficient (Wildman–Crippen LogP) is 1.96. The Morgan fingerprint density at radius 2 is 2.06 bits per heavy atom. The number of hydrogen-bond donors (Lipinski definition) is 2. The van der Waals surface area contributed by atoms with E-state index in [1.165, 1.54) is 6.92 Å². The molecule has 0 aliphatic rings. The summed E-state index contributed by atoms with van der Waals surface area (Å²) >= 11 is 0.856. The monoisotopic (exact) mass is 270 g/mol. The minimum Gasteiger partial charge on any atom is -0.374 e. The summed E-state index contributed by atoms with van der Waals surface area (Å²) in [6.45, 7) is 1.43. The van der Waals surface area contributed by atoms with Crippen molar-refractivity contribution in [2.75, 3.05) is 11.1 Å². The summed E-state index contributed by atoms with van der Waals surface area (Å²) in [7, 11) is 0. The van der Waals surface area contributed by atoms with Crippen molar-refractivity contribution >= 4 is 28.1 Å². The van der Waals surface area contributed by atoms with E-state index in [1.54, 1.807) is 0 Å². The summed E-state index contributed by atoms with van der Waals surface area (Å²) in [5, 5.41) is 9.25. The Morgan fingerprint density at radius 3 is 2.67 bits per heavy atom. The van der Waals surface area contributed by atoms with Gasteiger partial charge in [0.2, 0.25) is 10.1 Å². The van der Waals surface area contributed by atoms with E-state index < -0.39 is 17.5 Å². The molecule has 0 bridgehead atoms. The molecule has 1 heterocycles. The van der Waals surface area contributed by atoms with Crippen LogP contribution in [0.2, 0.25) is 0 Å². The van der Waals surface area contributed by atoms with Crippen LogP contribution in [0, 0.1) is 18.6 Å². The first-order chi connectivity index (χ1) is 8.47. The van der Waals surface area contributed by atoms with Crippen LogP contribution in [0.25, 0.3) is 0 Å². The molecule has 0 unspecified atom stereocenters. The van der Waals surface area contributed by atoms with E-state index in [2.05, 4.69) is 15.5 Å². The normalized spacial score (nSPS) is 10.4. The molecule has 94 valence electrons. The predicted molar refractivity (Wildman–Crippen MR) is 63.4 cm³/mol. The summed E-state index contributed by atoms with van der Waals surface area (Å²) in [6.07, 6.45) is 0. The van der Waals surface area contributed by atoms with Gasteiger partial charge in [-0.1, -0.05) is 11.3 Å². The van der Waals surface area contributed by atoms with Crippen LogP contribution in [0.4, 0.5) is 19.6 Å². The van der Waals surface area contributed by atoms with Crippen molar-refractivity contribution in [1.29, 1.82) is 0 Å². The first kappa shape index (κ1) is 12.4. The lowest BCUT2D eigenvalue weighted by Crippen LogP contribution is -2.13. The quantitative estimate of drug-likeness (QED) is 0.874. The highest BCUT2D eigenvalue weighted by Gasteiger charge is 2.15. The van der Waals surface area contributed by atoms with Gasteiger partial charge in [0, 0.05) is 6.07 Å². The van der Waals surface area contributed by atoms with Gasteiger partial charge in [0.1, 0.15) is 11.6 Å². The van der Waals surface area contributed by atoms with Crippen LogP contribution in [-0.2, 0) is 0 Å². The van der Waals surface area contributed by atoms with Gasteiger partial charge in [0.15, 0.2) is 0 Å². The number of carbonyl (C=O) groups excluding carboxylic acids is 1. The molecule has 1 aromatic carbocycles. The molecule has 2 aromatic rings. The highest BCUT2D eigenvalue weighted by atomic mass is 32.1. The molecule has 0 aliphatic carbocycles. The first-order valence-corrected chi connectivity index (χ1v) is 5.65. The van der Waals surface area contributed by atoms with Crippen molar-refractivity contribution in [3.63, 3.8) is 0 Å². The highest BCUT2D eigenvalue weighted by molar-refractivity contribution is 7.16. The van der Waals surface area contributed by atoms with E-state index in [-0.39, 0.29) is 21.4 Å². The van der Waals surface area contributed by atoms with E-state index in [0.29, 0.717) is 0 Å². The van der Waals surface area contributed by atoms with Crippen molar-refractivity contribution in [2.24, 2.45) is 0 Å². The van der Waals surface area contributed by atoms with Crippen molar-refractivity contribution in [2.45, 2.75) is 6.92 Å². The highest BCUT2D eigenvalue weighted by Crippen LogP contribution is 2.20. The second-order valence-electron chi connectivity index (χ2n) is 3.48. The van der Waals surface area contributed by atoms with Crippen molar-refractivity contribution in [3.05, 3.63) is 34.3 Å². The summed E-state index contributed by atoms with van der Waals surface area (Å²) in [5.74, 6) is -2.02. The molecule has 0 saturated heterocycles. The standard InChI is InChI=1S/C10H8F2N4OS/c1-4-2-6(12)7(3-5(4)11)14-8(17)9-15-16-10(13)18-9/h2-3H,1H3,(H2,13,16)(H,14,17). The van der Waals surface area contributed by atoms with Crippen molar-refractivity contribution in [1.82, 2.24) is 10.2 Å². The average molecular weight is 270 g/mol. The lowest BCUT2D eigenvalue weighted by molar-refractivity contribution is 0.102. The van der Waals surface area contributed by atoms with E-state index in [9.17, 15) is 13.6 Å². The van der Waals surface area contributed by atoms with Gasteiger partial charge < -0.3 is 11.1 Å². The van der Waals surface area contributed by atoms with E-state index in [0.717, 1.165) is 23.5 Å². The number of nitrogens with zero attached hydrogens (tertiary/aromatic N) is 2. The van der Waals surface area contributed by atoms with Gasteiger partial charge in [-0.2, -0.15) is 0 Å². The molecule has 0 atom stereocenters. The number of carbonyl (C=O) groups is 1. The second-order valence-corrected chi connectivity index (χ2v) is 4.49. The third kappa shape index (κ3) is 2.43. The molecule has 0 saturated carbocycles. The Morgan fingerprint density at radius 1 is 1.33 bits per heavy atom. The molecule has 0 spiro atoms. The zero-order valence-electron chi connectivity index (χ0n) is 9.20. The molecule has 5 nitrogen and oxygen atoms in total. The Kier molecular flexibility index (Phi) is 3.19. The number of benzene rings is 1. The van der Waals surface area contributed by atoms with Gasteiger partial charge in [-0.05, 0) is 18.6 Å². The van der Waals surface area contributed by atoms with Gasteiger partial charge in [-0.15, -0.1) is 10.2 Å². The minimum absolute atomic E-state index is 0.0205. The number of halogens is 2. The van der Waals surface area contributed by atoms with Crippen LogP contribution in [0.5, 0.6) is 0 Å². The maximum atomic E-state index is 13.5. The molecule has 0 aliphatic heterocycles. The third-order valence-corrected chi connectivity index (χ3v) is 2.88. The Hall–Kier alpha value is -2.09. The van der Waals surface area contributed by atoms with Gasteiger partial charge in [-0.25, -0.2) is 8.78 Å². The van der Waals surface area contributed by atoms with Crippen LogP contribution in [0.1, 0.15) is 15.4 Å². The number of aromatic nitrogens is 2. The van der Waals surface area contributed by atoms with Crippen LogP contribution >= 0.6 is 11.3 Å². The zero-order valence-corrected chi connectivity index (χ0v) is 10.0. The molecule has 3 N–H and O–H groups in total. The maximum Gasteiger partial charge on any atom is 0.286 e. The number of rotatable bonds is 2. The molecule has 0 radical (unpaired) electrons. The number of amides is 1. The fourth-order valence-corrected chi connectivity index (χ4v) is 1.75. The molecule has 2 rings (SSSR count). The Balaban J connectivity index is 2.24. The summed E-state index contributed by atoms with van der Waals surface area (Å²) in [4.78, 5) is 11.6. The first-order valence-electron chi connectivity index (χ1n) is 4.83. The largest absolute Gasteiger partial charge is 0.374 e. The smallest absolute Gasteiger partial charge is 0.286 e. The van der Waals surface area contributed by atoms with Crippen LogP contribution < -0.4 is 11.1 Å². The number of hydrogen-bond acceptors (Lipinski definition) is 5. The minimum atomic E-state index is -0.722. The van der Waals surface area contributed by atoms with Gasteiger partial charge in [-0.3, -0.25) is 4.79 Å². The van der Waals surface area contributed by atoms with Crippen molar-refractivity contribution < 1.29 is 13.6 Å². The summed E-state index contributed by atoms with van der Waals surface area (Å²) in [5.41, 5.74) is 5.22. The van der Waals surface area contributed by atoms with Crippen molar-refractivity contribution in [3.8, 4) is 0 Å².